The van der Waals surface area contributed by atoms with Crippen LogP contribution in [0.2, 0.25) is 0 Å². The maximum Gasteiger partial charge on any atom is 0.123 e. The molecule has 0 aliphatic heterocycles. The van der Waals surface area contributed by atoms with Crippen LogP contribution in [0, 0.1) is 6.92 Å². The normalized spacial score (nSPS) is 10.9. The molecule has 0 bridgehead atoms. The molecule has 0 spiro atoms. The van der Waals surface area contributed by atoms with E-state index in [4.69, 9.17) is 0 Å². The quantitative estimate of drug-likeness (QED) is 0.696. The molecular formula is C16H12BrNOS. The van der Waals surface area contributed by atoms with Crippen LogP contribution in [-0.2, 0) is 0 Å². The number of halogens is 1. The van der Waals surface area contributed by atoms with Gasteiger partial charge in [0, 0.05) is 21.0 Å². The molecule has 1 aromatic heterocycles. The third-order valence-electron chi connectivity index (χ3n) is 3.10. The minimum Gasteiger partial charge on any atom is -0.507 e. The number of aromatic hydroxyl groups is 1. The molecule has 0 unspecified atom stereocenters. The Morgan fingerprint density at radius 3 is 2.60 bits per heavy atom. The van der Waals surface area contributed by atoms with Crippen LogP contribution in [0.4, 0.5) is 0 Å². The highest BCUT2D eigenvalue weighted by molar-refractivity contribution is 9.10. The first-order chi connectivity index (χ1) is 9.65. The van der Waals surface area contributed by atoms with E-state index in [2.05, 4.69) is 27.0 Å². The van der Waals surface area contributed by atoms with Crippen molar-refractivity contribution in [3.8, 4) is 5.75 Å². The van der Waals surface area contributed by atoms with E-state index in [-0.39, 0.29) is 0 Å². The van der Waals surface area contributed by atoms with Crippen LogP contribution in [0.3, 0.4) is 0 Å². The number of phenols is 1. The zero-order valence-electron chi connectivity index (χ0n) is 10.8. The van der Waals surface area contributed by atoms with Crippen molar-refractivity contribution in [2.75, 3.05) is 0 Å². The second kappa shape index (κ2) is 5.46. The predicted octanol–water partition coefficient (Wildman–Crippen LogP) is 5.16. The molecule has 2 aromatic carbocycles. The lowest BCUT2D eigenvalue weighted by Crippen LogP contribution is -1.85. The topological polar surface area (TPSA) is 33.1 Å². The molecule has 0 fully saturated rings. The van der Waals surface area contributed by atoms with E-state index in [0.29, 0.717) is 5.75 Å². The van der Waals surface area contributed by atoms with Crippen LogP contribution in [0.15, 0.2) is 63.1 Å². The number of phenolic OH excluding ortho intramolecular Hbond substituents is 1. The van der Waals surface area contributed by atoms with Gasteiger partial charge in [-0.25, -0.2) is 4.98 Å². The SMILES string of the molecule is Cc1cc(Sc2ccc(O)c3ccccc23)ncc1Br. The highest BCUT2D eigenvalue weighted by Crippen LogP contribution is 2.36. The second-order valence-corrected chi connectivity index (χ2v) is 6.42. The fourth-order valence-corrected chi connectivity index (χ4v) is 3.23. The van der Waals surface area contributed by atoms with E-state index in [0.717, 1.165) is 30.7 Å². The maximum absolute atomic E-state index is 9.91. The van der Waals surface area contributed by atoms with Gasteiger partial charge in [0.15, 0.2) is 0 Å². The Morgan fingerprint density at radius 1 is 1.10 bits per heavy atom. The number of nitrogens with zero attached hydrogens (tertiary/aromatic N) is 1. The van der Waals surface area contributed by atoms with E-state index in [9.17, 15) is 5.11 Å². The van der Waals surface area contributed by atoms with Crippen molar-refractivity contribution in [3.63, 3.8) is 0 Å². The lowest BCUT2D eigenvalue weighted by Gasteiger charge is -2.08. The van der Waals surface area contributed by atoms with Gasteiger partial charge in [0.25, 0.3) is 0 Å². The second-order valence-electron chi connectivity index (χ2n) is 4.50. The molecular weight excluding hydrogens is 334 g/mol. The summed E-state index contributed by atoms with van der Waals surface area (Å²) < 4.78 is 1.01. The van der Waals surface area contributed by atoms with Crippen molar-refractivity contribution in [1.82, 2.24) is 4.98 Å². The zero-order chi connectivity index (χ0) is 14.1. The lowest BCUT2D eigenvalue weighted by atomic mass is 10.1. The molecule has 2 nitrogen and oxygen atoms in total. The van der Waals surface area contributed by atoms with Crippen molar-refractivity contribution in [1.29, 1.82) is 0 Å². The fourth-order valence-electron chi connectivity index (χ4n) is 2.03. The van der Waals surface area contributed by atoms with Crippen molar-refractivity contribution in [3.05, 3.63) is 58.7 Å². The monoisotopic (exact) mass is 345 g/mol. The van der Waals surface area contributed by atoms with Gasteiger partial charge in [-0.3, -0.25) is 0 Å². The summed E-state index contributed by atoms with van der Waals surface area (Å²) >= 11 is 5.06. The summed E-state index contributed by atoms with van der Waals surface area (Å²) in [6.45, 7) is 2.05. The first-order valence-corrected chi connectivity index (χ1v) is 7.77. The summed E-state index contributed by atoms with van der Waals surface area (Å²) in [5.74, 6) is 0.310. The minimum absolute atomic E-state index is 0.310. The van der Waals surface area contributed by atoms with Gasteiger partial charge in [0.2, 0.25) is 0 Å². The summed E-state index contributed by atoms with van der Waals surface area (Å²) in [7, 11) is 0. The largest absolute Gasteiger partial charge is 0.507 e. The Kier molecular flexibility index (Phi) is 3.68. The molecule has 3 aromatic rings. The summed E-state index contributed by atoms with van der Waals surface area (Å²) in [6, 6.07) is 13.6. The molecule has 0 amide bonds. The molecule has 4 heteroatoms. The van der Waals surface area contributed by atoms with Crippen molar-refractivity contribution in [2.24, 2.45) is 0 Å². The van der Waals surface area contributed by atoms with Crippen molar-refractivity contribution < 1.29 is 5.11 Å². The average Bonchev–Trinajstić information content (AvgIpc) is 2.46. The Hall–Kier alpha value is -1.52. The highest BCUT2D eigenvalue weighted by atomic mass is 79.9. The molecule has 0 atom stereocenters. The van der Waals surface area contributed by atoms with Crippen LogP contribution < -0.4 is 0 Å². The number of pyridine rings is 1. The van der Waals surface area contributed by atoms with Crippen molar-refractivity contribution in [2.45, 2.75) is 16.8 Å². The van der Waals surface area contributed by atoms with Crippen LogP contribution in [0.25, 0.3) is 10.8 Å². The Labute approximate surface area is 130 Å². The van der Waals surface area contributed by atoms with Gasteiger partial charge in [-0.2, -0.15) is 0 Å². The number of hydrogen-bond acceptors (Lipinski definition) is 3. The zero-order valence-corrected chi connectivity index (χ0v) is 13.2. The third kappa shape index (κ3) is 2.53. The Balaban J connectivity index is 2.06. The van der Waals surface area contributed by atoms with Crippen LogP contribution in [0.1, 0.15) is 5.56 Å². The van der Waals surface area contributed by atoms with Gasteiger partial charge in [-0.1, -0.05) is 36.0 Å². The molecule has 0 saturated heterocycles. The molecule has 0 radical (unpaired) electrons. The van der Waals surface area contributed by atoms with Gasteiger partial charge >= 0.3 is 0 Å². The predicted molar refractivity (Wildman–Crippen MR) is 86.4 cm³/mol. The molecule has 0 aliphatic carbocycles. The summed E-state index contributed by atoms with van der Waals surface area (Å²) in [5, 5.41) is 12.8. The van der Waals surface area contributed by atoms with E-state index in [1.807, 2.05) is 43.5 Å². The summed E-state index contributed by atoms with van der Waals surface area (Å²) in [5.41, 5.74) is 1.16. The van der Waals surface area contributed by atoms with E-state index < -0.39 is 0 Å². The van der Waals surface area contributed by atoms with E-state index in [1.54, 1.807) is 17.8 Å². The van der Waals surface area contributed by atoms with Crippen LogP contribution >= 0.6 is 27.7 Å². The first-order valence-electron chi connectivity index (χ1n) is 6.16. The standard InChI is InChI=1S/C16H12BrNOS/c1-10-8-16(18-9-13(10)17)20-15-7-6-14(19)11-4-2-3-5-12(11)15/h2-9,19H,1H3. The smallest absolute Gasteiger partial charge is 0.123 e. The van der Waals surface area contributed by atoms with Gasteiger partial charge in [0.05, 0.1) is 0 Å². The first kappa shape index (κ1) is 13.5. The van der Waals surface area contributed by atoms with E-state index in [1.165, 1.54) is 0 Å². The summed E-state index contributed by atoms with van der Waals surface area (Å²) in [4.78, 5) is 5.51. The lowest BCUT2D eigenvalue weighted by molar-refractivity contribution is 0.481. The van der Waals surface area contributed by atoms with Gasteiger partial charge in [-0.05, 0) is 52.0 Å². The molecule has 0 aliphatic rings. The average molecular weight is 346 g/mol. The molecule has 1 N–H and O–H groups in total. The minimum atomic E-state index is 0.310. The molecule has 1 heterocycles. The number of fused-ring (bicyclic) bond motifs is 1. The highest BCUT2D eigenvalue weighted by Gasteiger charge is 2.08. The van der Waals surface area contributed by atoms with Crippen LogP contribution in [0.5, 0.6) is 5.75 Å². The summed E-state index contributed by atoms with van der Waals surface area (Å²) in [6.07, 6.45) is 1.82. The van der Waals surface area contributed by atoms with Crippen LogP contribution in [-0.4, -0.2) is 10.1 Å². The number of aromatic nitrogens is 1. The number of rotatable bonds is 2. The van der Waals surface area contributed by atoms with Gasteiger partial charge in [0.1, 0.15) is 10.8 Å². The molecule has 3 rings (SSSR count). The van der Waals surface area contributed by atoms with Gasteiger partial charge in [-0.15, -0.1) is 0 Å². The fraction of sp³-hybridized carbons (Fsp3) is 0.0625. The number of aryl methyl sites for hydroxylation is 1. The van der Waals surface area contributed by atoms with Crippen molar-refractivity contribution >= 4 is 38.5 Å². The number of benzene rings is 2. The third-order valence-corrected chi connectivity index (χ3v) is 4.94. The molecule has 0 saturated carbocycles. The number of hydrogen-bond donors (Lipinski definition) is 1. The molecule has 20 heavy (non-hydrogen) atoms. The Morgan fingerprint density at radius 2 is 1.85 bits per heavy atom. The van der Waals surface area contributed by atoms with E-state index >= 15 is 0 Å². The molecule has 100 valence electrons. The van der Waals surface area contributed by atoms with Gasteiger partial charge < -0.3 is 5.11 Å². The maximum atomic E-state index is 9.91. The Bertz CT molecular complexity index is 789.